The highest BCUT2D eigenvalue weighted by Gasteiger charge is 2.51. The van der Waals surface area contributed by atoms with Crippen molar-refractivity contribution in [1.82, 2.24) is 39.9 Å². The number of hydrogen-bond donors (Lipinski definition) is 0. The maximum Gasteiger partial charge on any atom is 0.494 e. The molecule has 5 heterocycles. The first-order chi connectivity index (χ1) is 42.9. The fourth-order valence-electron chi connectivity index (χ4n) is 9.93. The Balaban J connectivity index is 0.000000132. The van der Waals surface area contributed by atoms with Crippen molar-refractivity contribution in [1.29, 1.82) is 0 Å². The smallest absolute Gasteiger partial charge is 0.436 e. The van der Waals surface area contributed by atoms with Gasteiger partial charge in [-0.05, 0) is 105 Å². The molecule has 0 spiro atoms. The van der Waals surface area contributed by atoms with E-state index in [-0.39, 0.29) is 0 Å². The zero-order valence-electron chi connectivity index (χ0n) is 48.6. The van der Waals surface area contributed by atoms with Crippen LogP contribution in [0.3, 0.4) is 0 Å². The van der Waals surface area contributed by atoms with Crippen LogP contribution in [-0.2, 0) is 9.31 Å². The van der Waals surface area contributed by atoms with Crippen molar-refractivity contribution in [2.45, 2.75) is 38.9 Å². The van der Waals surface area contributed by atoms with E-state index >= 15 is 0 Å². The summed E-state index contributed by atoms with van der Waals surface area (Å²) in [7, 11) is -0.445. The maximum atomic E-state index is 6.25. The predicted octanol–water partition coefficient (Wildman–Crippen LogP) is 17.8. The Hall–Kier alpha value is -10.4. The molecule has 14 heteroatoms. The average Bonchev–Trinajstić information content (AvgIpc) is 3.79. The number of hydrogen-bond acceptors (Lipinski definition) is 12. The van der Waals surface area contributed by atoms with E-state index < -0.39 is 18.3 Å². The van der Waals surface area contributed by atoms with E-state index in [1.54, 1.807) is 0 Å². The molecule has 0 amide bonds. The van der Waals surface area contributed by atoms with E-state index in [0.717, 1.165) is 87.8 Å². The van der Waals surface area contributed by atoms with E-state index in [4.69, 9.17) is 53.0 Å². The third kappa shape index (κ3) is 12.6. The Morgan fingerprint density at radius 3 is 1.02 bits per heavy atom. The quantitative estimate of drug-likeness (QED) is 0.120. The van der Waals surface area contributed by atoms with E-state index in [2.05, 4.69) is 72.9 Å². The molecule has 12 nitrogen and oxygen atoms in total. The van der Waals surface area contributed by atoms with Crippen LogP contribution in [0, 0.1) is 0 Å². The SMILES string of the molecule is Brc1ccc2oc(-c3ccccc3)nc2c1.CC1(C)OB(c2cccc(-c3nc(-c4ccccc4)nc(-c4ccccc4)n3)c2)OC1(C)C.c1ccc(-c2nc(-c3ccccc3)nc(-c3cccc(-c4ccc5oc(-c6ccccc6)nc5c4)c3)n2)cc1. The molecule has 88 heavy (non-hydrogen) atoms. The Bertz CT molecular complexity index is 4580. The molecule has 0 radical (unpaired) electrons. The summed E-state index contributed by atoms with van der Waals surface area (Å²) in [5.41, 5.74) is 13.0. The topological polar surface area (TPSA) is 148 Å². The Morgan fingerprint density at radius 2 is 0.602 bits per heavy atom. The van der Waals surface area contributed by atoms with Crippen LogP contribution < -0.4 is 5.46 Å². The average molecular weight is 1210 g/mol. The number of fused-ring (bicyclic) bond motifs is 2. The molecule has 0 atom stereocenters. The second-order valence-electron chi connectivity index (χ2n) is 21.9. The lowest BCUT2D eigenvalue weighted by Gasteiger charge is -2.32. The predicted molar refractivity (Wildman–Crippen MR) is 354 cm³/mol. The summed E-state index contributed by atoms with van der Waals surface area (Å²) < 4.78 is 25.2. The van der Waals surface area contributed by atoms with Crippen molar-refractivity contribution in [3.8, 4) is 102 Å². The number of aromatic nitrogens is 8. The largest absolute Gasteiger partial charge is 0.494 e. The summed E-state index contributed by atoms with van der Waals surface area (Å²) in [6.07, 6.45) is 0. The van der Waals surface area contributed by atoms with Crippen LogP contribution >= 0.6 is 15.9 Å². The van der Waals surface area contributed by atoms with Crippen molar-refractivity contribution < 1.29 is 18.1 Å². The summed E-state index contributed by atoms with van der Waals surface area (Å²) in [6, 6.07) is 88.0. The summed E-state index contributed by atoms with van der Waals surface area (Å²) in [5, 5.41) is 0. The molecule has 1 aliphatic rings. The van der Waals surface area contributed by atoms with Crippen LogP contribution in [0.2, 0.25) is 0 Å². The van der Waals surface area contributed by atoms with E-state index in [1.165, 1.54) is 0 Å². The Kier molecular flexibility index (Phi) is 16.1. The lowest BCUT2D eigenvalue weighted by Crippen LogP contribution is -2.41. The van der Waals surface area contributed by atoms with Crippen LogP contribution in [0.25, 0.3) is 125 Å². The van der Waals surface area contributed by atoms with Crippen LogP contribution in [0.5, 0.6) is 0 Å². The van der Waals surface area contributed by atoms with Crippen molar-refractivity contribution in [3.05, 3.63) is 271 Å². The fourth-order valence-corrected chi connectivity index (χ4v) is 10.3. The van der Waals surface area contributed by atoms with Gasteiger partial charge in [0, 0.05) is 49.0 Å². The second-order valence-corrected chi connectivity index (χ2v) is 22.9. The highest BCUT2D eigenvalue weighted by Crippen LogP contribution is 2.38. The minimum atomic E-state index is -0.445. The lowest BCUT2D eigenvalue weighted by molar-refractivity contribution is 0.00578. The van der Waals surface area contributed by atoms with Crippen molar-refractivity contribution in [2.24, 2.45) is 0 Å². The summed E-state index contributed by atoms with van der Waals surface area (Å²) in [6.45, 7) is 8.23. The lowest BCUT2D eigenvalue weighted by atomic mass is 9.78. The minimum Gasteiger partial charge on any atom is -0.436 e. The Labute approximate surface area is 518 Å². The van der Waals surface area contributed by atoms with Gasteiger partial charge in [0.05, 0.1) is 11.2 Å². The second kappa shape index (κ2) is 24.9. The maximum absolute atomic E-state index is 6.25. The normalized spacial score (nSPS) is 13.1. The molecular formula is C74H56BBrN8O4. The molecule has 1 aliphatic heterocycles. The van der Waals surface area contributed by atoms with E-state index in [0.29, 0.717) is 46.7 Å². The fraction of sp³-hybridized carbons (Fsp3) is 0.0811. The standard InChI is InChI=1S/C34H22N4O.C27H26BN3O2.C13H8BrNO/c1-4-11-23(12-5-1)31-36-32(24-13-6-2-7-14-24)38-33(37-31)28-18-10-17-26(21-28)27-19-20-30-29(22-27)35-34(39-30)25-15-8-3-9-16-25;1-26(2)27(3,4)33-28(32-26)22-17-11-16-21(18-22)25-30-23(19-12-7-5-8-13-19)29-24(31-25)20-14-9-6-10-15-20;14-10-6-7-12-11(8-10)15-13(16-12)9-4-2-1-3-5-9/h1-22H;5-18H,1-4H3;1-8H. The van der Waals surface area contributed by atoms with Gasteiger partial charge < -0.3 is 18.1 Å². The van der Waals surface area contributed by atoms with Gasteiger partial charge >= 0.3 is 7.12 Å². The number of halogens is 1. The molecule has 4 aromatic heterocycles. The van der Waals surface area contributed by atoms with Crippen LogP contribution in [-0.4, -0.2) is 58.2 Å². The summed E-state index contributed by atoms with van der Waals surface area (Å²) in [4.78, 5) is 38.1. The zero-order valence-corrected chi connectivity index (χ0v) is 50.2. The molecule has 0 N–H and O–H groups in total. The zero-order chi connectivity index (χ0) is 60.0. The van der Waals surface area contributed by atoms with Gasteiger partial charge in [-0.2, -0.15) is 0 Å². The van der Waals surface area contributed by atoms with Gasteiger partial charge in [0.15, 0.2) is 46.1 Å². The highest BCUT2D eigenvalue weighted by molar-refractivity contribution is 9.10. The first kappa shape index (κ1) is 56.7. The van der Waals surface area contributed by atoms with Crippen LogP contribution in [0.1, 0.15) is 27.7 Å². The Morgan fingerprint density at radius 1 is 0.284 bits per heavy atom. The molecule has 0 unspecified atom stereocenters. The van der Waals surface area contributed by atoms with Crippen LogP contribution in [0.4, 0.5) is 0 Å². The van der Waals surface area contributed by atoms with E-state index in [1.807, 2.05) is 243 Å². The molecule has 0 saturated carbocycles. The first-order valence-electron chi connectivity index (χ1n) is 28.8. The van der Waals surface area contributed by atoms with Gasteiger partial charge in [0.2, 0.25) is 11.8 Å². The number of nitrogens with zero attached hydrogens (tertiary/aromatic N) is 8. The highest BCUT2D eigenvalue weighted by atomic mass is 79.9. The van der Waals surface area contributed by atoms with Crippen molar-refractivity contribution in [3.63, 3.8) is 0 Å². The van der Waals surface area contributed by atoms with E-state index in [9.17, 15) is 0 Å². The third-order valence-corrected chi connectivity index (χ3v) is 15.8. The minimum absolute atomic E-state index is 0.401. The van der Waals surface area contributed by atoms with Gasteiger partial charge in [-0.15, -0.1) is 0 Å². The molecular weight excluding hydrogens is 1160 g/mol. The molecule has 10 aromatic carbocycles. The van der Waals surface area contributed by atoms with Crippen molar-refractivity contribution >= 4 is 50.7 Å². The molecule has 0 aliphatic carbocycles. The third-order valence-electron chi connectivity index (χ3n) is 15.3. The van der Waals surface area contributed by atoms with Gasteiger partial charge in [0.1, 0.15) is 11.0 Å². The number of rotatable bonds is 10. The molecule has 1 fully saturated rings. The van der Waals surface area contributed by atoms with Gasteiger partial charge in [0.25, 0.3) is 0 Å². The first-order valence-corrected chi connectivity index (χ1v) is 29.6. The molecule has 426 valence electrons. The molecule has 1 saturated heterocycles. The van der Waals surface area contributed by atoms with Crippen molar-refractivity contribution in [2.75, 3.05) is 0 Å². The monoisotopic (exact) mass is 1210 g/mol. The molecule has 14 aromatic rings. The number of oxazole rings is 2. The van der Waals surface area contributed by atoms with Gasteiger partial charge in [-0.1, -0.05) is 222 Å². The summed E-state index contributed by atoms with van der Waals surface area (Å²) in [5.74, 6) is 5.07. The molecule has 15 rings (SSSR count). The van der Waals surface area contributed by atoms with Gasteiger partial charge in [-0.25, -0.2) is 39.9 Å². The van der Waals surface area contributed by atoms with Gasteiger partial charge in [-0.3, -0.25) is 0 Å². The number of benzene rings is 10. The molecule has 0 bridgehead atoms. The van der Waals surface area contributed by atoms with Crippen LogP contribution in [0.15, 0.2) is 280 Å². The summed E-state index contributed by atoms with van der Waals surface area (Å²) >= 11 is 3.42.